The monoisotopic (exact) mass is 273 g/mol. The third-order valence-electron chi connectivity index (χ3n) is 2.13. The molecule has 0 bridgehead atoms. The second-order valence-corrected chi connectivity index (χ2v) is 4.46. The molecule has 1 aromatic rings. The molecule has 1 rings (SSSR count). The van der Waals surface area contributed by atoms with E-state index in [-0.39, 0.29) is 6.54 Å². The van der Waals surface area contributed by atoms with Gasteiger partial charge in [-0.05, 0) is 18.4 Å². The van der Waals surface area contributed by atoms with Crippen LogP contribution < -0.4 is 10.6 Å². The van der Waals surface area contributed by atoms with Crippen molar-refractivity contribution in [1.29, 1.82) is 0 Å². The van der Waals surface area contributed by atoms with E-state index in [2.05, 4.69) is 15.8 Å². The number of carboxylic acids is 1. The number of thioether (sulfide) groups is 1. The average Bonchev–Trinajstić information content (AvgIpc) is 2.84. The molecule has 0 radical (unpaired) electrons. The van der Waals surface area contributed by atoms with E-state index in [1.165, 1.54) is 18.0 Å². The fourth-order valence-corrected chi connectivity index (χ4v) is 1.67. The Morgan fingerprint density at radius 3 is 2.94 bits per heavy atom. The summed E-state index contributed by atoms with van der Waals surface area (Å²) in [7, 11) is 0. The van der Waals surface area contributed by atoms with Crippen LogP contribution >= 0.6 is 11.8 Å². The summed E-state index contributed by atoms with van der Waals surface area (Å²) < 4.78 is 4.79. The van der Waals surface area contributed by atoms with Crippen LogP contribution in [0.3, 0.4) is 0 Å². The number of aromatic nitrogens is 1. The van der Waals surface area contributed by atoms with E-state index < -0.39 is 18.0 Å². The van der Waals surface area contributed by atoms with Crippen LogP contribution in [0.25, 0.3) is 0 Å². The van der Waals surface area contributed by atoms with Crippen LogP contribution in [0.4, 0.5) is 4.79 Å². The first-order valence-electron chi connectivity index (χ1n) is 5.29. The fourth-order valence-electron chi connectivity index (χ4n) is 1.20. The molecular weight excluding hydrogens is 258 g/mol. The molecular formula is C10H15N3O4S. The van der Waals surface area contributed by atoms with Gasteiger partial charge in [0.05, 0.1) is 12.7 Å². The first kappa shape index (κ1) is 14.4. The number of nitrogens with one attached hydrogen (secondary N) is 2. The third-order valence-corrected chi connectivity index (χ3v) is 2.77. The number of carbonyl (C=O) groups excluding carboxylic acids is 1. The van der Waals surface area contributed by atoms with Gasteiger partial charge in [-0.1, -0.05) is 5.16 Å². The van der Waals surface area contributed by atoms with E-state index in [9.17, 15) is 9.59 Å². The van der Waals surface area contributed by atoms with Crippen molar-refractivity contribution in [3.8, 4) is 0 Å². The van der Waals surface area contributed by atoms with Crippen LogP contribution in [0.1, 0.15) is 12.2 Å². The first-order chi connectivity index (χ1) is 8.63. The van der Waals surface area contributed by atoms with Crippen molar-refractivity contribution in [2.75, 3.05) is 12.0 Å². The third kappa shape index (κ3) is 5.09. The van der Waals surface area contributed by atoms with Crippen LogP contribution in [-0.4, -0.2) is 40.3 Å². The predicted octanol–water partition coefficient (Wildman–Crippen LogP) is 0.680. The molecule has 1 atom stereocenters. The van der Waals surface area contributed by atoms with Crippen LogP contribution in [0.5, 0.6) is 0 Å². The normalized spacial score (nSPS) is 11.8. The van der Waals surface area contributed by atoms with E-state index in [0.29, 0.717) is 17.9 Å². The number of carbonyl (C=O) groups is 2. The molecule has 1 heterocycles. The van der Waals surface area contributed by atoms with E-state index in [1.807, 2.05) is 6.26 Å². The van der Waals surface area contributed by atoms with Crippen LogP contribution in [-0.2, 0) is 11.3 Å². The molecule has 1 aromatic heterocycles. The molecule has 0 aliphatic rings. The Bertz CT molecular complexity index is 382. The number of nitrogens with zero attached hydrogens (tertiary/aromatic N) is 1. The lowest BCUT2D eigenvalue weighted by Crippen LogP contribution is -2.46. The van der Waals surface area contributed by atoms with Gasteiger partial charge >= 0.3 is 12.0 Å². The first-order valence-corrected chi connectivity index (χ1v) is 6.68. The Hall–Kier alpha value is -1.70. The van der Waals surface area contributed by atoms with Gasteiger partial charge in [-0.15, -0.1) is 0 Å². The zero-order valence-corrected chi connectivity index (χ0v) is 10.7. The number of urea groups is 1. The number of amides is 2. The van der Waals surface area contributed by atoms with Gasteiger partial charge in [0.1, 0.15) is 6.04 Å². The van der Waals surface area contributed by atoms with Crippen LogP contribution in [0.15, 0.2) is 16.8 Å². The van der Waals surface area contributed by atoms with Gasteiger partial charge < -0.3 is 20.3 Å². The zero-order chi connectivity index (χ0) is 13.4. The highest BCUT2D eigenvalue weighted by atomic mass is 32.2. The molecule has 0 saturated heterocycles. The molecule has 18 heavy (non-hydrogen) atoms. The minimum atomic E-state index is -1.04. The van der Waals surface area contributed by atoms with Crippen LogP contribution in [0, 0.1) is 0 Å². The van der Waals surface area contributed by atoms with Crippen LogP contribution in [0.2, 0.25) is 0 Å². The Labute approximate surface area is 108 Å². The van der Waals surface area contributed by atoms with Crippen molar-refractivity contribution >= 4 is 23.8 Å². The van der Waals surface area contributed by atoms with Crippen molar-refractivity contribution in [2.24, 2.45) is 0 Å². The predicted molar refractivity (Wildman–Crippen MR) is 66.3 cm³/mol. The molecule has 8 heteroatoms. The van der Waals surface area contributed by atoms with Crippen molar-refractivity contribution in [3.63, 3.8) is 0 Å². The van der Waals surface area contributed by atoms with Crippen molar-refractivity contribution < 1.29 is 19.2 Å². The molecule has 0 spiro atoms. The van der Waals surface area contributed by atoms with Gasteiger partial charge in [0.25, 0.3) is 0 Å². The SMILES string of the molecule is CSCCC(NC(=O)NCc1ccno1)C(=O)O. The fraction of sp³-hybridized carbons (Fsp3) is 0.500. The van der Waals surface area contributed by atoms with Gasteiger partial charge in [0.2, 0.25) is 0 Å². The van der Waals surface area contributed by atoms with E-state index >= 15 is 0 Å². The standard InChI is InChI=1S/C10H15N3O4S/c1-18-5-3-8(9(14)15)13-10(16)11-6-7-2-4-12-17-7/h2,4,8H,3,5-6H2,1H3,(H,14,15)(H2,11,13,16). The maximum atomic E-state index is 11.5. The Balaban J connectivity index is 2.34. The summed E-state index contributed by atoms with van der Waals surface area (Å²) in [4.78, 5) is 22.4. The maximum Gasteiger partial charge on any atom is 0.326 e. The summed E-state index contributed by atoms with van der Waals surface area (Å²) in [6, 6.07) is 0.190. The summed E-state index contributed by atoms with van der Waals surface area (Å²) in [6.45, 7) is 0.167. The lowest BCUT2D eigenvalue weighted by atomic mass is 10.2. The Morgan fingerprint density at radius 1 is 1.61 bits per heavy atom. The molecule has 0 fully saturated rings. The molecule has 1 unspecified atom stereocenters. The van der Waals surface area contributed by atoms with Gasteiger partial charge in [-0.2, -0.15) is 11.8 Å². The smallest absolute Gasteiger partial charge is 0.326 e. The van der Waals surface area contributed by atoms with Crippen molar-refractivity contribution in [3.05, 3.63) is 18.0 Å². The summed E-state index contributed by atoms with van der Waals surface area (Å²) in [6.07, 6.45) is 3.72. The van der Waals surface area contributed by atoms with Gasteiger partial charge in [0, 0.05) is 6.07 Å². The minimum absolute atomic E-state index is 0.167. The molecule has 0 aliphatic heterocycles. The topological polar surface area (TPSA) is 104 Å². The quantitative estimate of drug-likeness (QED) is 0.675. The highest BCUT2D eigenvalue weighted by Gasteiger charge is 2.19. The molecule has 7 nitrogen and oxygen atoms in total. The molecule has 3 N–H and O–H groups in total. The van der Waals surface area contributed by atoms with Crippen molar-refractivity contribution in [1.82, 2.24) is 15.8 Å². The van der Waals surface area contributed by atoms with Crippen molar-refractivity contribution in [2.45, 2.75) is 19.0 Å². The molecule has 0 aromatic carbocycles. The molecule has 0 aliphatic carbocycles. The molecule has 100 valence electrons. The number of hydrogen-bond acceptors (Lipinski definition) is 5. The van der Waals surface area contributed by atoms with E-state index in [0.717, 1.165) is 0 Å². The Morgan fingerprint density at radius 2 is 2.39 bits per heavy atom. The van der Waals surface area contributed by atoms with Gasteiger partial charge in [0.15, 0.2) is 5.76 Å². The average molecular weight is 273 g/mol. The lowest BCUT2D eigenvalue weighted by Gasteiger charge is -2.14. The summed E-state index contributed by atoms with van der Waals surface area (Å²) in [5.41, 5.74) is 0. The summed E-state index contributed by atoms with van der Waals surface area (Å²) in [5, 5.41) is 17.3. The van der Waals surface area contributed by atoms with E-state index in [1.54, 1.807) is 6.07 Å². The largest absolute Gasteiger partial charge is 0.480 e. The number of hydrogen-bond donors (Lipinski definition) is 3. The summed E-state index contributed by atoms with van der Waals surface area (Å²) >= 11 is 1.53. The zero-order valence-electron chi connectivity index (χ0n) is 9.88. The number of carboxylic acid groups (broad SMARTS) is 1. The lowest BCUT2D eigenvalue weighted by molar-refractivity contribution is -0.139. The second-order valence-electron chi connectivity index (χ2n) is 3.48. The number of rotatable bonds is 7. The minimum Gasteiger partial charge on any atom is -0.480 e. The van der Waals surface area contributed by atoms with Gasteiger partial charge in [-0.3, -0.25) is 0 Å². The Kier molecular flexibility index (Phi) is 6.06. The number of aliphatic carboxylic acids is 1. The summed E-state index contributed by atoms with van der Waals surface area (Å²) in [5.74, 6) is 0.124. The molecule has 2 amide bonds. The van der Waals surface area contributed by atoms with E-state index in [4.69, 9.17) is 9.63 Å². The highest BCUT2D eigenvalue weighted by molar-refractivity contribution is 7.98. The highest BCUT2D eigenvalue weighted by Crippen LogP contribution is 2.01. The van der Waals surface area contributed by atoms with Gasteiger partial charge in [-0.25, -0.2) is 9.59 Å². The molecule has 0 saturated carbocycles. The maximum absolute atomic E-state index is 11.5. The second kappa shape index (κ2) is 7.59.